The summed E-state index contributed by atoms with van der Waals surface area (Å²) in [5.41, 5.74) is 4.64. The van der Waals surface area contributed by atoms with E-state index in [0.717, 1.165) is 47.9 Å². The highest BCUT2D eigenvalue weighted by molar-refractivity contribution is 5.94. The average Bonchev–Trinajstić information content (AvgIpc) is 2.57. The van der Waals surface area contributed by atoms with Gasteiger partial charge in [-0.3, -0.25) is 23.6 Å². The van der Waals surface area contributed by atoms with Gasteiger partial charge >= 0.3 is 5.69 Å². The van der Waals surface area contributed by atoms with Gasteiger partial charge in [-0.15, -0.1) is 0 Å². The highest BCUT2D eigenvalue weighted by atomic mass is 16.2. The fourth-order valence-electron chi connectivity index (χ4n) is 2.39. The maximum absolute atomic E-state index is 12.3. The lowest BCUT2D eigenvalue weighted by molar-refractivity contribution is -0.117. The van der Waals surface area contributed by atoms with Crippen LogP contribution in [0.3, 0.4) is 0 Å². The summed E-state index contributed by atoms with van der Waals surface area (Å²) in [5, 5.41) is 2.57. The van der Waals surface area contributed by atoms with E-state index in [0.29, 0.717) is 0 Å². The Morgan fingerprint density at radius 2 is 1.62 bits per heavy atom. The molecule has 0 fully saturated rings. The summed E-state index contributed by atoms with van der Waals surface area (Å²) in [4.78, 5) is 38.3. The zero-order valence-electron chi connectivity index (χ0n) is 15.1. The molecular formula is C16H29N5O3. The van der Waals surface area contributed by atoms with Gasteiger partial charge < -0.3 is 11.1 Å². The third kappa shape index (κ3) is 4.95. The third-order valence-corrected chi connectivity index (χ3v) is 4.00. The number of nitrogens with two attached hydrogens (primary N) is 1. The highest BCUT2D eigenvalue weighted by Crippen LogP contribution is 2.09. The van der Waals surface area contributed by atoms with Gasteiger partial charge in [-0.1, -0.05) is 26.7 Å². The Balaban J connectivity index is 2.90. The van der Waals surface area contributed by atoms with Crippen LogP contribution in [0.25, 0.3) is 0 Å². The highest BCUT2D eigenvalue weighted by Gasteiger charge is 2.17. The van der Waals surface area contributed by atoms with E-state index in [2.05, 4.69) is 24.1 Å². The van der Waals surface area contributed by atoms with Crippen molar-refractivity contribution >= 4 is 17.4 Å². The summed E-state index contributed by atoms with van der Waals surface area (Å²) >= 11 is 0. The summed E-state index contributed by atoms with van der Waals surface area (Å²) in [7, 11) is 2.82. The van der Waals surface area contributed by atoms with Gasteiger partial charge in [-0.25, -0.2) is 4.79 Å². The SMILES string of the molecule is CCCCN(CCCC)CC(=O)Nc1c(N)n(C)c(=O)n(C)c1=O. The number of carbonyl (C=O) groups is 1. The minimum Gasteiger partial charge on any atom is -0.383 e. The number of nitrogen functional groups attached to an aromatic ring is 1. The van der Waals surface area contributed by atoms with Crippen LogP contribution in [-0.2, 0) is 18.9 Å². The number of amides is 1. The van der Waals surface area contributed by atoms with E-state index >= 15 is 0 Å². The molecule has 1 aromatic heterocycles. The van der Waals surface area contributed by atoms with E-state index in [1.165, 1.54) is 14.1 Å². The van der Waals surface area contributed by atoms with Crippen LogP contribution in [-0.4, -0.2) is 39.6 Å². The van der Waals surface area contributed by atoms with Crippen LogP contribution in [0.15, 0.2) is 9.59 Å². The van der Waals surface area contributed by atoms with Gasteiger partial charge in [0.2, 0.25) is 5.91 Å². The first kappa shape index (κ1) is 20.0. The molecule has 0 aliphatic heterocycles. The van der Waals surface area contributed by atoms with Crippen LogP contribution >= 0.6 is 0 Å². The van der Waals surface area contributed by atoms with E-state index in [-0.39, 0.29) is 24.0 Å². The Morgan fingerprint density at radius 1 is 1.08 bits per heavy atom. The molecule has 0 aromatic carbocycles. The van der Waals surface area contributed by atoms with Gasteiger partial charge in [0.1, 0.15) is 11.5 Å². The third-order valence-electron chi connectivity index (χ3n) is 4.00. The molecule has 1 aromatic rings. The number of nitrogens with zero attached hydrogens (tertiary/aromatic N) is 3. The van der Waals surface area contributed by atoms with Crippen LogP contribution in [0.5, 0.6) is 0 Å². The van der Waals surface area contributed by atoms with E-state index in [9.17, 15) is 14.4 Å². The van der Waals surface area contributed by atoms with Gasteiger partial charge in [0, 0.05) is 14.1 Å². The number of unbranched alkanes of at least 4 members (excludes halogenated alkanes) is 2. The van der Waals surface area contributed by atoms with E-state index in [1.54, 1.807) is 0 Å². The standard InChI is InChI=1S/C16H29N5O3/c1-5-7-9-21(10-8-6-2)11-12(22)18-13-14(17)19(3)16(24)20(4)15(13)23/h5-11,17H2,1-4H3,(H,18,22). The van der Waals surface area contributed by atoms with Crippen molar-refractivity contribution in [3.05, 3.63) is 20.8 Å². The predicted octanol–water partition coefficient (Wildman–Crippen LogP) is 0.507. The molecule has 1 heterocycles. The summed E-state index contributed by atoms with van der Waals surface area (Å²) in [6, 6.07) is 0. The van der Waals surface area contributed by atoms with Crippen LogP contribution in [0.4, 0.5) is 11.5 Å². The van der Waals surface area contributed by atoms with Crippen LogP contribution in [0, 0.1) is 0 Å². The van der Waals surface area contributed by atoms with E-state index < -0.39 is 11.2 Å². The lowest BCUT2D eigenvalue weighted by Crippen LogP contribution is -2.42. The Labute approximate surface area is 142 Å². The lowest BCUT2D eigenvalue weighted by atomic mass is 10.2. The minimum atomic E-state index is -0.599. The van der Waals surface area contributed by atoms with Crippen molar-refractivity contribution in [2.75, 3.05) is 30.7 Å². The van der Waals surface area contributed by atoms with Crippen LogP contribution < -0.4 is 22.3 Å². The van der Waals surface area contributed by atoms with Crippen molar-refractivity contribution < 1.29 is 4.79 Å². The molecule has 0 bridgehead atoms. The Bertz CT molecular complexity index is 670. The lowest BCUT2D eigenvalue weighted by Gasteiger charge is -2.21. The monoisotopic (exact) mass is 339 g/mol. The summed E-state index contributed by atoms with van der Waals surface area (Å²) in [6.45, 7) is 6.08. The van der Waals surface area contributed by atoms with Crippen LogP contribution in [0.1, 0.15) is 39.5 Å². The molecule has 0 radical (unpaired) electrons. The van der Waals surface area contributed by atoms with Gasteiger partial charge in [0.05, 0.1) is 6.54 Å². The van der Waals surface area contributed by atoms with Crippen molar-refractivity contribution in [1.29, 1.82) is 0 Å². The zero-order valence-corrected chi connectivity index (χ0v) is 15.1. The normalized spacial score (nSPS) is 11.0. The molecule has 8 nitrogen and oxygen atoms in total. The number of anilines is 2. The van der Waals surface area contributed by atoms with Gasteiger partial charge in [-0.2, -0.15) is 0 Å². The maximum atomic E-state index is 12.3. The molecule has 0 atom stereocenters. The largest absolute Gasteiger partial charge is 0.383 e. The first-order chi connectivity index (χ1) is 11.3. The number of aromatic nitrogens is 2. The van der Waals surface area contributed by atoms with Crippen molar-refractivity contribution in [2.45, 2.75) is 39.5 Å². The van der Waals surface area contributed by atoms with Crippen molar-refractivity contribution in [1.82, 2.24) is 14.0 Å². The molecule has 1 rings (SSSR count). The smallest absolute Gasteiger partial charge is 0.332 e. The molecule has 3 N–H and O–H groups in total. The Hall–Kier alpha value is -2.09. The fraction of sp³-hybridized carbons (Fsp3) is 0.688. The number of carbonyl (C=O) groups excluding carboxylic acids is 1. The first-order valence-corrected chi connectivity index (χ1v) is 8.41. The molecule has 0 aliphatic carbocycles. The molecule has 0 aliphatic rings. The second-order valence-electron chi connectivity index (χ2n) is 6.00. The maximum Gasteiger partial charge on any atom is 0.332 e. The number of hydrogen-bond acceptors (Lipinski definition) is 5. The Morgan fingerprint density at radius 3 is 2.12 bits per heavy atom. The van der Waals surface area contributed by atoms with Crippen molar-refractivity contribution in [2.24, 2.45) is 14.1 Å². The topological polar surface area (TPSA) is 102 Å². The fourth-order valence-corrected chi connectivity index (χ4v) is 2.39. The second kappa shape index (κ2) is 9.27. The molecule has 24 heavy (non-hydrogen) atoms. The molecule has 1 amide bonds. The predicted molar refractivity (Wildman–Crippen MR) is 96.2 cm³/mol. The van der Waals surface area contributed by atoms with Crippen LogP contribution in [0.2, 0.25) is 0 Å². The van der Waals surface area contributed by atoms with E-state index in [4.69, 9.17) is 5.73 Å². The van der Waals surface area contributed by atoms with Gasteiger partial charge in [0.25, 0.3) is 5.56 Å². The van der Waals surface area contributed by atoms with E-state index in [1.807, 2.05) is 0 Å². The molecular weight excluding hydrogens is 310 g/mol. The molecule has 0 spiro atoms. The average molecular weight is 339 g/mol. The molecule has 0 saturated heterocycles. The first-order valence-electron chi connectivity index (χ1n) is 8.41. The number of nitrogens with one attached hydrogen (secondary N) is 1. The number of hydrogen-bond donors (Lipinski definition) is 2. The summed E-state index contributed by atoms with van der Waals surface area (Å²) < 4.78 is 2.07. The minimum absolute atomic E-state index is 0.0369. The van der Waals surface area contributed by atoms with Crippen molar-refractivity contribution in [3.63, 3.8) is 0 Å². The molecule has 136 valence electrons. The summed E-state index contributed by atoms with van der Waals surface area (Å²) in [6.07, 6.45) is 4.14. The quantitative estimate of drug-likeness (QED) is 0.682. The number of rotatable bonds is 9. The van der Waals surface area contributed by atoms with Gasteiger partial charge in [-0.05, 0) is 25.9 Å². The summed E-state index contributed by atoms with van der Waals surface area (Å²) in [5.74, 6) is -0.338. The molecule has 0 saturated carbocycles. The second-order valence-corrected chi connectivity index (χ2v) is 6.00. The zero-order chi connectivity index (χ0) is 18.3. The van der Waals surface area contributed by atoms with Gasteiger partial charge in [0.15, 0.2) is 0 Å². The molecule has 8 heteroatoms. The molecule has 0 unspecified atom stereocenters. The van der Waals surface area contributed by atoms with Crippen molar-refractivity contribution in [3.8, 4) is 0 Å². The Kier molecular flexibility index (Phi) is 7.70.